The van der Waals surface area contributed by atoms with E-state index in [9.17, 15) is 9.59 Å². The molecule has 0 N–H and O–H groups in total. The first kappa shape index (κ1) is 14.4. The van der Waals surface area contributed by atoms with Crippen molar-refractivity contribution in [3.05, 3.63) is 35.4 Å². The van der Waals surface area contributed by atoms with E-state index in [1.807, 2.05) is 0 Å². The molecule has 0 atom stereocenters. The van der Waals surface area contributed by atoms with Crippen molar-refractivity contribution < 1.29 is 19.1 Å². The SMILES string of the molecule is COCCCCOC(=O)c1ccc(C(C)=O)cc1. The van der Waals surface area contributed by atoms with Crippen molar-refractivity contribution in [3.63, 3.8) is 0 Å². The molecule has 0 aromatic heterocycles. The van der Waals surface area contributed by atoms with Crippen LogP contribution in [0.15, 0.2) is 24.3 Å². The van der Waals surface area contributed by atoms with Crippen molar-refractivity contribution in [2.24, 2.45) is 0 Å². The normalized spacial score (nSPS) is 10.1. The molecule has 0 aliphatic carbocycles. The van der Waals surface area contributed by atoms with E-state index < -0.39 is 0 Å². The second kappa shape index (κ2) is 7.61. The minimum absolute atomic E-state index is 0.0190. The van der Waals surface area contributed by atoms with Gasteiger partial charge >= 0.3 is 5.97 Å². The molecular formula is C14H18O4. The molecule has 0 unspecified atom stereocenters. The number of carbonyl (C=O) groups is 2. The molecular weight excluding hydrogens is 232 g/mol. The first-order chi connectivity index (χ1) is 8.65. The van der Waals surface area contributed by atoms with Crippen molar-refractivity contribution in [2.75, 3.05) is 20.3 Å². The van der Waals surface area contributed by atoms with Gasteiger partial charge in [0, 0.05) is 19.3 Å². The highest BCUT2D eigenvalue weighted by Gasteiger charge is 2.07. The van der Waals surface area contributed by atoms with E-state index in [0.29, 0.717) is 24.3 Å². The molecule has 4 nitrogen and oxygen atoms in total. The lowest BCUT2D eigenvalue weighted by atomic mass is 10.1. The summed E-state index contributed by atoms with van der Waals surface area (Å²) in [5, 5.41) is 0. The van der Waals surface area contributed by atoms with Gasteiger partial charge in [0.2, 0.25) is 0 Å². The Kier molecular flexibility index (Phi) is 6.08. The number of unbranched alkanes of at least 4 members (excludes halogenated alkanes) is 1. The van der Waals surface area contributed by atoms with Crippen LogP contribution in [-0.4, -0.2) is 32.1 Å². The fraction of sp³-hybridized carbons (Fsp3) is 0.429. The summed E-state index contributed by atoms with van der Waals surface area (Å²) in [5.41, 5.74) is 1.05. The molecule has 1 aromatic rings. The third-order valence-corrected chi connectivity index (χ3v) is 2.50. The number of carbonyl (C=O) groups excluding carboxylic acids is 2. The van der Waals surface area contributed by atoms with E-state index in [2.05, 4.69) is 0 Å². The van der Waals surface area contributed by atoms with E-state index in [1.165, 1.54) is 6.92 Å². The average molecular weight is 250 g/mol. The molecule has 0 radical (unpaired) electrons. The molecule has 0 aliphatic rings. The fourth-order valence-corrected chi connectivity index (χ4v) is 1.44. The van der Waals surface area contributed by atoms with Gasteiger partial charge in [0.1, 0.15) is 0 Å². The van der Waals surface area contributed by atoms with Crippen molar-refractivity contribution in [2.45, 2.75) is 19.8 Å². The largest absolute Gasteiger partial charge is 0.462 e. The number of hydrogen-bond acceptors (Lipinski definition) is 4. The van der Waals surface area contributed by atoms with Crippen LogP contribution in [0.4, 0.5) is 0 Å². The van der Waals surface area contributed by atoms with Gasteiger partial charge in [-0.2, -0.15) is 0 Å². The van der Waals surface area contributed by atoms with Crippen LogP contribution in [0.3, 0.4) is 0 Å². The molecule has 0 heterocycles. The van der Waals surface area contributed by atoms with Gasteiger partial charge in [-0.1, -0.05) is 12.1 Å². The van der Waals surface area contributed by atoms with Crippen molar-refractivity contribution in [1.29, 1.82) is 0 Å². The molecule has 0 saturated carbocycles. The zero-order valence-corrected chi connectivity index (χ0v) is 10.8. The average Bonchev–Trinajstić information content (AvgIpc) is 2.38. The summed E-state index contributed by atoms with van der Waals surface area (Å²) in [6, 6.07) is 6.47. The summed E-state index contributed by atoms with van der Waals surface area (Å²) in [5.74, 6) is -0.378. The molecule has 18 heavy (non-hydrogen) atoms. The lowest BCUT2D eigenvalue weighted by molar-refractivity contribution is 0.0489. The molecule has 1 aromatic carbocycles. The highest BCUT2D eigenvalue weighted by atomic mass is 16.5. The Balaban J connectivity index is 2.39. The number of hydrogen-bond donors (Lipinski definition) is 0. The number of ketones is 1. The molecule has 0 amide bonds. The van der Waals surface area contributed by atoms with Crippen LogP contribution in [0.5, 0.6) is 0 Å². The first-order valence-electron chi connectivity index (χ1n) is 5.92. The van der Waals surface area contributed by atoms with Gasteiger partial charge in [0.05, 0.1) is 12.2 Å². The van der Waals surface area contributed by atoms with Crippen LogP contribution in [0.25, 0.3) is 0 Å². The fourth-order valence-electron chi connectivity index (χ4n) is 1.44. The van der Waals surface area contributed by atoms with E-state index in [-0.39, 0.29) is 11.8 Å². The maximum Gasteiger partial charge on any atom is 0.338 e. The summed E-state index contributed by atoms with van der Waals surface area (Å²) >= 11 is 0. The van der Waals surface area contributed by atoms with E-state index in [0.717, 1.165) is 12.8 Å². The van der Waals surface area contributed by atoms with Crippen LogP contribution in [-0.2, 0) is 9.47 Å². The Morgan fingerprint density at radius 2 is 1.56 bits per heavy atom. The van der Waals surface area contributed by atoms with Gasteiger partial charge in [0.25, 0.3) is 0 Å². The Hall–Kier alpha value is -1.68. The Morgan fingerprint density at radius 1 is 1.00 bits per heavy atom. The summed E-state index contributed by atoms with van der Waals surface area (Å²) in [6.45, 7) is 2.55. The molecule has 0 spiro atoms. The van der Waals surface area contributed by atoms with Crippen LogP contribution >= 0.6 is 0 Å². The van der Waals surface area contributed by atoms with Crippen LogP contribution in [0.2, 0.25) is 0 Å². The Labute approximate surface area is 107 Å². The smallest absolute Gasteiger partial charge is 0.338 e. The standard InChI is InChI=1S/C14H18O4/c1-11(15)12-5-7-13(8-6-12)14(16)18-10-4-3-9-17-2/h5-8H,3-4,9-10H2,1-2H3. The minimum atomic E-state index is -0.359. The van der Waals surface area contributed by atoms with Crippen LogP contribution in [0, 0.1) is 0 Å². The van der Waals surface area contributed by atoms with Crippen LogP contribution < -0.4 is 0 Å². The molecule has 0 aliphatic heterocycles. The summed E-state index contributed by atoms with van der Waals surface area (Å²) in [4.78, 5) is 22.7. The van der Waals surface area contributed by atoms with Crippen molar-refractivity contribution in [3.8, 4) is 0 Å². The molecule has 98 valence electrons. The number of rotatable bonds is 7. The summed E-state index contributed by atoms with van der Waals surface area (Å²) in [6.07, 6.45) is 1.65. The van der Waals surface area contributed by atoms with Crippen molar-refractivity contribution >= 4 is 11.8 Å². The third-order valence-electron chi connectivity index (χ3n) is 2.50. The van der Waals surface area contributed by atoms with Gasteiger partial charge < -0.3 is 9.47 Å². The zero-order valence-electron chi connectivity index (χ0n) is 10.8. The second-order valence-electron chi connectivity index (χ2n) is 3.97. The van der Waals surface area contributed by atoms with Gasteiger partial charge in [-0.05, 0) is 31.9 Å². The predicted molar refractivity (Wildman–Crippen MR) is 67.8 cm³/mol. The summed E-state index contributed by atoms with van der Waals surface area (Å²) < 4.78 is 9.99. The molecule has 0 fully saturated rings. The number of benzene rings is 1. The molecule has 0 saturated heterocycles. The number of esters is 1. The van der Waals surface area contributed by atoms with Gasteiger partial charge in [-0.25, -0.2) is 4.79 Å². The van der Waals surface area contributed by atoms with E-state index >= 15 is 0 Å². The monoisotopic (exact) mass is 250 g/mol. The van der Waals surface area contributed by atoms with Gasteiger partial charge in [-0.3, -0.25) is 4.79 Å². The third kappa shape index (κ3) is 4.67. The Bertz CT molecular complexity index is 395. The maximum atomic E-state index is 11.6. The Morgan fingerprint density at radius 3 is 2.11 bits per heavy atom. The summed E-state index contributed by atoms with van der Waals surface area (Å²) in [7, 11) is 1.64. The minimum Gasteiger partial charge on any atom is -0.462 e. The van der Waals surface area contributed by atoms with Gasteiger partial charge in [-0.15, -0.1) is 0 Å². The van der Waals surface area contributed by atoms with E-state index in [1.54, 1.807) is 31.4 Å². The maximum absolute atomic E-state index is 11.6. The highest BCUT2D eigenvalue weighted by Crippen LogP contribution is 2.07. The first-order valence-corrected chi connectivity index (χ1v) is 5.92. The lowest BCUT2D eigenvalue weighted by Gasteiger charge is -2.05. The van der Waals surface area contributed by atoms with E-state index in [4.69, 9.17) is 9.47 Å². The molecule has 1 rings (SSSR count). The topological polar surface area (TPSA) is 52.6 Å². The predicted octanol–water partition coefficient (Wildman–Crippen LogP) is 2.47. The lowest BCUT2D eigenvalue weighted by Crippen LogP contribution is -2.07. The quantitative estimate of drug-likeness (QED) is 0.424. The van der Waals surface area contributed by atoms with Crippen LogP contribution in [0.1, 0.15) is 40.5 Å². The molecule has 4 heteroatoms. The van der Waals surface area contributed by atoms with Gasteiger partial charge in [0.15, 0.2) is 5.78 Å². The number of Topliss-reactive ketones (excluding diaryl/α,β-unsaturated/α-hetero) is 1. The van der Waals surface area contributed by atoms with Crippen molar-refractivity contribution in [1.82, 2.24) is 0 Å². The highest BCUT2D eigenvalue weighted by molar-refractivity contribution is 5.96. The number of ether oxygens (including phenoxy) is 2. The number of methoxy groups -OCH3 is 1. The molecule has 0 bridgehead atoms. The zero-order chi connectivity index (χ0) is 13.4. The second-order valence-corrected chi connectivity index (χ2v) is 3.97.